The molecular formula is C46H30N4. The number of nitrogens with zero attached hydrogens (tertiary/aromatic N) is 4. The molecule has 10 aromatic rings. The third-order valence-corrected chi connectivity index (χ3v) is 9.78. The Bertz CT molecular complexity index is 2790. The van der Waals surface area contributed by atoms with Crippen LogP contribution in [0.3, 0.4) is 0 Å². The Morgan fingerprint density at radius 2 is 1.00 bits per heavy atom. The van der Waals surface area contributed by atoms with Crippen molar-refractivity contribution in [3.8, 4) is 45.1 Å². The van der Waals surface area contributed by atoms with E-state index >= 15 is 0 Å². The summed E-state index contributed by atoms with van der Waals surface area (Å²) in [5.41, 5.74) is 11.2. The molecule has 0 bridgehead atoms. The largest absolute Gasteiger partial charge is 0.294 e. The molecule has 0 saturated carbocycles. The van der Waals surface area contributed by atoms with E-state index in [2.05, 4.69) is 167 Å². The Hall–Kier alpha value is -6.78. The molecule has 6 aromatic carbocycles. The van der Waals surface area contributed by atoms with Crippen molar-refractivity contribution in [2.75, 3.05) is 0 Å². The van der Waals surface area contributed by atoms with Crippen LogP contribution in [0.5, 0.6) is 0 Å². The quantitative estimate of drug-likeness (QED) is 0.188. The van der Waals surface area contributed by atoms with Crippen LogP contribution in [0.2, 0.25) is 0 Å². The molecule has 0 atom stereocenters. The molecule has 0 aliphatic rings. The standard InChI is InChI=1S/C46H30N4/c1-3-14-31(15-4-1)34-28-39(32-16-5-2-6-17-32)48-45(30-34)50-40-21-9-7-18-36(40)37-26-25-33(29-43(37)50)35-20-13-23-42-46(35)38-19-8-10-22-41(38)49(42)44-24-11-12-27-47-44/h1-30H. The van der Waals surface area contributed by atoms with Crippen molar-refractivity contribution in [3.05, 3.63) is 182 Å². The van der Waals surface area contributed by atoms with E-state index in [-0.39, 0.29) is 0 Å². The number of hydrogen-bond acceptors (Lipinski definition) is 2. The Kier molecular flexibility index (Phi) is 6.46. The van der Waals surface area contributed by atoms with E-state index < -0.39 is 0 Å². The summed E-state index contributed by atoms with van der Waals surface area (Å²) >= 11 is 0. The first-order chi connectivity index (χ1) is 24.8. The number of aromatic nitrogens is 4. The maximum absolute atomic E-state index is 5.35. The van der Waals surface area contributed by atoms with Crippen molar-refractivity contribution < 1.29 is 0 Å². The number of fused-ring (bicyclic) bond motifs is 6. The van der Waals surface area contributed by atoms with E-state index in [0.29, 0.717) is 0 Å². The summed E-state index contributed by atoms with van der Waals surface area (Å²) in [5, 5.41) is 4.81. The van der Waals surface area contributed by atoms with Crippen molar-refractivity contribution >= 4 is 43.6 Å². The molecule has 0 amide bonds. The Morgan fingerprint density at radius 1 is 0.360 bits per heavy atom. The van der Waals surface area contributed by atoms with Gasteiger partial charge >= 0.3 is 0 Å². The summed E-state index contributed by atoms with van der Waals surface area (Å²) in [5.74, 6) is 1.79. The summed E-state index contributed by atoms with van der Waals surface area (Å²) in [7, 11) is 0. The molecule has 0 radical (unpaired) electrons. The molecule has 0 fully saturated rings. The van der Waals surface area contributed by atoms with Crippen LogP contribution < -0.4 is 0 Å². The fourth-order valence-corrected chi connectivity index (χ4v) is 7.56. The van der Waals surface area contributed by atoms with E-state index in [1.165, 1.54) is 27.1 Å². The van der Waals surface area contributed by atoms with Crippen LogP contribution in [0.25, 0.3) is 88.8 Å². The van der Waals surface area contributed by atoms with Crippen LogP contribution in [-0.4, -0.2) is 19.1 Å². The van der Waals surface area contributed by atoms with Gasteiger partial charge in [0.05, 0.1) is 27.8 Å². The lowest BCUT2D eigenvalue weighted by Gasteiger charge is -2.13. The second-order valence-electron chi connectivity index (χ2n) is 12.7. The molecule has 0 aliphatic heterocycles. The number of rotatable bonds is 5. The van der Waals surface area contributed by atoms with Gasteiger partial charge in [-0.2, -0.15) is 0 Å². The first-order valence-corrected chi connectivity index (χ1v) is 16.9. The summed E-state index contributed by atoms with van der Waals surface area (Å²) in [4.78, 5) is 10.1. The van der Waals surface area contributed by atoms with E-state index in [9.17, 15) is 0 Å². The predicted octanol–water partition coefficient (Wildman–Crippen LogP) is 11.7. The maximum Gasteiger partial charge on any atom is 0.138 e. The van der Waals surface area contributed by atoms with Crippen LogP contribution in [0, 0.1) is 0 Å². The maximum atomic E-state index is 5.35. The monoisotopic (exact) mass is 638 g/mol. The minimum atomic E-state index is 0.888. The smallest absolute Gasteiger partial charge is 0.138 e. The summed E-state index contributed by atoms with van der Waals surface area (Å²) < 4.78 is 4.61. The van der Waals surface area contributed by atoms with Gasteiger partial charge < -0.3 is 0 Å². The predicted molar refractivity (Wildman–Crippen MR) is 207 cm³/mol. The van der Waals surface area contributed by atoms with Gasteiger partial charge in [0.2, 0.25) is 0 Å². The van der Waals surface area contributed by atoms with Crippen molar-refractivity contribution in [2.24, 2.45) is 0 Å². The van der Waals surface area contributed by atoms with Gasteiger partial charge in [0.25, 0.3) is 0 Å². The molecular weight excluding hydrogens is 609 g/mol. The highest BCUT2D eigenvalue weighted by atomic mass is 15.1. The fourth-order valence-electron chi connectivity index (χ4n) is 7.56. The first-order valence-electron chi connectivity index (χ1n) is 16.9. The summed E-state index contributed by atoms with van der Waals surface area (Å²) in [6.07, 6.45) is 1.86. The van der Waals surface area contributed by atoms with Crippen LogP contribution in [0.15, 0.2) is 182 Å². The number of para-hydroxylation sites is 2. The zero-order chi connectivity index (χ0) is 33.0. The molecule has 4 aromatic heterocycles. The minimum absolute atomic E-state index is 0.888. The van der Waals surface area contributed by atoms with Gasteiger partial charge in [-0.1, -0.05) is 127 Å². The van der Waals surface area contributed by atoms with E-state index in [0.717, 1.165) is 61.7 Å². The Labute approximate surface area is 289 Å². The summed E-state index contributed by atoms with van der Waals surface area (Å²) in [6, 6.07) is 62.3. The molecule has 0 N–H and O–H groups in total. The van der Waals surface area contributed by atoms with Gasteiger partial charge in [-0.15, -0.1) is 0 Å². The second kappa shape index (κ2) is 11.4. The Morgan fingerprint density at radius 3 is 1.78 bits per heavy atom. The lowest BCUT2D eigenvalue weighted by molar-refractivity contribution is 1.08. The van der Waals surface area contributed by atoms with Gasteiger partial charge in [-0.3, -0.25) is 9.13 Å². The third kappa shape index (κ3) is 4.46. The van der Waals surface area contributed by atoms with Crippen molar-refractivity contribution in [1.29, 1.82) is 0 Å². The van der Waals surface area contributed by atoms with Crippen LogP contribution in [0.4, 0.5) is 0 Å². The molecule has 4 heteroatoms. The molecule has 0 unspecified atom stereocenters. The van der Waals surface area contributed by atoms with Gasteiger partial charge in [0, 0.05) is 33.3 Å². The molecule has 0 saturated heterocycles. The van der Waals surface area contributed by atoms with E-state index in [4.69, 9.17) is 9.97 Å². The average Bonchev–Trinajstić information content (AvgIpc) is 3.71. The van der Waals surface area contributed by atoms with Crippen molar-refractivity contribution in [2.45, 2.75) is 0 Å². The van der Waals surface area contributed by atoms with Crippen LogP contribution in [0.1, 0.15) is 0 Å². The SMILES string of the molecule is c1ccc(-c2cc(-c3ccccc3)nc(-n3c4ccccc4c4ccc(-c5cccc6c5c5ccccc5n6-c5ccccn5)cc43)c2)cc1. The minimum Gasteiger partial charge on any atom is -0.294 e. The van der Waals surface area contributed by atoms with E-state index in [1.54, 1.807) is 0 Å². The third-order valence-electron chi connectivity index (χ3n) is 9.78. The highest BCUT2D eigenvalue weighted by Gasteiger charge is 2.19. The zero-order valence-electron chi connectivity index (χ0n) is 27.1. The highest BCUT2D eigenvalue weighted by Crippen LogP contribution is 2.41. The highest BCUT2D eigenvalue weighted by molar-refractivity contribution is 6.17. The first kappa shape index (κ1) is 28.3. The zero-order valence-corrected chi connectivity index (χ0v) is 27.1. The van der Waals surface area contributed by atoms with Crippen molar-refractivity contribution in [3.63, 3.8) is 0 Å². The fraction of sp³-hybridized carbons (Fsp3) is 0. The van der Waals surface area contributed by atoms with Gasteiger partial charge in [0.1, 0.15) is 11.6 Å². The molecule has 10 rings (SSSR count). The van der Waals surface area contributed by atoms with E-state index in [1.807, 2.05) is 24.4 Å². The average molecular weight is 639 g/mol. The topological polar surface area (TPSA) is 35.6 Å². The molecule has 4 nitrogen and oxygen atoms in total. The molecule has 50 heavy (non-hydrogen) atoms. The molecule has 4 heterocycles. The number of pyridine rings is 2. The normalized spacial score (nSPS) is 11.6. The van der Waals surface area contributed by atoms with Gasteiger partial charge in [-0.05, 0) is 70.8 Å². The Balaban J connectivity index is 1.25. The lowest BCUT2D eigenvalue weighted by Crippen LogP contribution is -2.00. The number of benzene rings is 6. The van der Waals surface area contributed by atoms with Gasteiger partial charge in [0.15, 0.2) is 0 Å². The molecule has 0 spiro atoms. The van der Waals surface area contributed by atoms with Crippen LogP contribution in [-0.2, 0) is 0 Å². The lowest BCUT2D eigenvalue weighted by atomic mass is 9.98. The summed E-state index contributed by atoms with van der Waals surface area (Å²) in [6.45, 7) is 0. The molecule has 0 aliphatic carbocycles. The van der Waals surface area contributed by atoms with Crippen LogP contribution >= 0.6 is 0 Å². The number of hydrogen-bond donors (Lipinski definition) is 0. The molecule has 234 valence electrons. The second-order valence-corrected chi connectivity index (χ2v) is 12.7. The van der Waals surface area contributed by atoms with Crippen molar-refractivity contribution in [1.82, 2.24) is 19.1 Å². The van der Waals surface area contributed by atoms with Gasteiger partial charge in [-0.25, -0.2) is 9.97 Å².